The quantitative estimate of drug-likeness (QED) is 0.268. The van der Waals surface area contributed by atoms with Crippen LogP contribution in [0.5, 0.6) is 11.5 Å². The molecule has 1 unspecified atom stereocenters. The van der Waals surface area contributed by atoms with E-state index in [0.717, 1.165) is 46.6 Å². The van der Waals surface area contributed by atoms with E-state index in [1.165, 1.54) is 11.3 Å². The van der Waals surface area contributed by atoms with Crippen molar-refractivity contribution >= 4 is 32.4 Å². The van der Waals surface area contributed by atoms with Gasteiger partial charge in [0.2, 0.25) is 0 Å². The van der Waals surface area contributed by atoms with Crippen molar-refractivity contribution in [3.63, 3.8) is 0 Å². The van der Waals surface area contributed by atoms with Crippen LogP contribution < -0.4 is 14.8 Å². The average molecular weight is 487 g/mol. The summed E-state index contributed by atoms with van der Waals surface area (Å²) in [6, 6.07) is 11.7. The summed E-state index contributed by atoms with van der Waals surface area (Å²) in [5.74, 6) is 1.06. The highest BCUT2D eigenvalue weighted by molar-refractivity contribution is 7.23. The fourth-order valence-corrected chi connectivity index (χ4v) is 5.06. The molecule has 0 saturated heterocycles. The van der Waals surface area contributed by atoms with E-state index in [4.69, 9.17) is 14.2 Å². The smallest absolute Gasteiger partial charge is 0.341 e. The Kier molecular flexibility index (Phi) is 9.15. The molecule has 34 heavy (non-hydrogen) atoms. The van der Waals surface area contributed by atoms with Gasteiger partial charge in [-0.25, -0.2) is 4.79 Å². The number of aliphatic hydroxyl groups excluding tert-OH is 1. The molecule has 0 radical (unpaired) electrons. The van der Waals surface area contributed by atoms with Crippen molar-refractivity contribution in [3.8, 4) is 22.6 Å². The zero-order valence-corrected chi connectivity index (χ0v) is 21.3. The number of nitrogens with zero attached hydrogens (tertiary/aromatic N) is 1. The first kappa shape index (κ1) is 25.8. The minimum Gasteiger partial charge on any atom is -0.497 e. The number of hydrogen-bond donors (Lipinski definition) is 2. The molecule has 1 heterocycles. The van der Waals surface area contributed by atoms with Crippen LogP contribution in [0.15, 0.2) is 36.4 Å². The van der Waals surface area contributed by atoms with Gasteiger partial charge in [0.25, 0.3) is 0 Å². The molecule has 2 N–H and O–H groups in total. The van der Waals surface area contributed by atoms with Crippen LogP contribution in [-0.4, -0.2) is 62.2 Å². The number of nitrogens with one attached hydrogen (secondary N) is 1. The van der Waals surface area contributed by atoms with Crippen molar-refractivity contribution in [2.24, 2.45) is 0 Å². The fourth-order valence-electron chi connectivity index (χ4n) is 3.79. The van der Waals surface area contributed by atoms with Gasteiger partial charge in [-0.2, -0.15) is 0 Å². The molecule has 0 bridgehead atoms. The molecule has 0 aliphatic carbocycles. The first-order valence-corrected chi connectivity index (χ1v) is 12.5. The Morgan fingerprint density at radius 3 is 2.41 bits per heavy atom. The zero-order chi connectivity index (χ0) is 24.7. The number of rotatable bonds is 12. The molecule has 3 rings (SSSR count). The molecule has 0 spiro atoms. The lowest BCUT2D eigenvalue weighted by Crippen LogP contribution is -2.28. The van der Waals surface area contributed by atoms with Crippen LogP contribution in [0.1, 0.15) is 38.1 Å². The Labute approximate surface area is 205 Å². The van der Waals surface area contributed by atoms with Gasteiger partial charge >= 0.3 is 5.97 Å². The van der Waals surface area contributed by atoms with E-state index in [-0.39, 0.29) is 6.61 Å². The van der Waals surface area contributed by atoms with E-state index >= 15 is 0 Å². The normalized spacial score (nSPS) is 12.1. The van der Waals surface area contributed by atoms with E-state index in [1.54, 1.807) is 21.0 Å². The molecule has 8 heteroatoms. The number of carbonyl (C=O) groups is 1. The number of ether oxygens (including phenoxy) is 3. The minimum atomic E-state index is -0.825. The summed E-state index contributed by atoms with van der Waals surface area (Å²) in [5, 5.41) is 14.3. The van der Waals surface area contributed by atoms with E-state index in [0.29, 0.717) is 22.9 Å². The molecular weight excluding hydrogens is 452 g/mol. The molecular formula is C26H34N2O5S. The number of thiophene rings is 1. The van der Waals surface area contributed by atoms with Crippen molar-refractivity contribution in [1.82, 2.24) is 4.90 Å². The third kappa shape index (κ3) is 5.81. The van der Waals surface area contributed by atoms with Crippen LogP contribution in [-0.2, 0) is 4.74 Å². The molecule has 0 amide bonds. The van der Waals surface area contributed by atoms with E-state index in [9.17, 15) is 9.90 Å². The number of fused-ring (bicyclic) bond motifs is 1. The first-order valence-electron chi connectivity index (χ1n) is 11.6. The predicted octanol–water partition coefficient (Wildman–Crippen LogP) is 5.22. The highest BCUT2D eigenvalue weighted by atomic mass is 32.1. The van der Waals surface area contributed by atoms with Gasteiger partial charge in [0, 0.05) is 17.5 Å². The monoisotopic (exact) mass is 486 g/mol. The molecule has 1 aromatic heterocycles. The van der Waals surface area contributed by atoms with Crippen molar-refractivity contribution in [2.75, 3.05) is 45.3 Å². The number of methoxy groups -OCH3 is 1. The number of aliphatic hydroxyl groups is 1. The number of likely N-dealkylation sites (N-methyl/N-ethyl adjacent to an activating group) is 1. The van der Waals surface area contributed by atoms with Gasteiger partial charge in [-0.15, -0.1) is 11.3 Å². The predicted molar refractivity (Wildman–Crippen MR) is 138 cm³/mol. The molecule has 1 atom stereocenters. The lowest BCUT2D eigenvalue weighted by molar-refractivity contribution is 0.0530. The first-order chi connectivity index (χ1) is 16.4. The van der Waals surface area contributed by atoms with Crippen molar-refractivity contribution in [3.05, 3.63) is 42.0 Å². The summed E-state index contributed by atoms with van der Waals surface area (Å²) in [6.07, 6.45) is -0.825. The van der Waals surface area contributed by atoms with Gasteiger partial charge < -0.3 is 29.5 Å². The second-order valence-electron chi connectivity index (χ2n) is 7.77. The second kappa shape index (κ2) is 12.1. The number of benzene rings is 2. The number of anilines is 1. The van der Waals surface area contributed by atoms with Crippen LogP contribution >= 0.6 is 11.3 Å². The highest BCUT2D eigenvalue weighted by Crippen LogP contribution is 2.46. The van der Waals surface area contributed by atoms with Gasteiger partial charge in [-0.3, -0.25) is 0 Å². The second-order valence-corrected chi connectivity index (χ2v) is 8.79. The van der Waals surface area contributed by atoms with Gasteiger partial charge in [0.15, 0.2) is 0 Å². The highest BCUT2D eigenvalue weighted by Gasteiger charge is 2.25. The standard InChI is InChI=1S/C26H34N2O5S/c1-6-28(7-2)15-16-33-23-20(18-9-11-19(31-5)12-10-18)13-14-21-22(26(30)32-8-3)25(27-17(4)29)34-24(21)23/h9-14,17,27,29H,6-8,15-16H2,1-5H3. The van der Waals surface area contributed by atoms with Crippen molar-refractivity contribution in [1.29, 1.82) is 0 Å². The topological polar surface area (TPSA) is 80.3 Å². The summed E-state index contributed by atoms with van der Waals surface area (Å²) >= 11 is 1.38. The number of hydrogen-bond acceptors (Lipinski definition) is 8. The molecule has 0 saturated carbocycles. The molecule has 0 aliphatic heterocycles. The number of carbonyl (C=O) groups excluding carboxylic acids is 1. The average Bonchev–Trinajstić information content (AvgIpc) is 3.19. The summed E-state index contributed by atoms with van der Waals surface area (Å²) < 4.78 is 17.9. The minimum absolute atomic E-state index is 0.265. The van der Waals surface area contributed by atoms with E-state index in [2.05, 4.69) is 24.1 Å². The molecule has 0 aliphatic rings. The Morgan fingerprint density at radius 1 is 1.12 bits per heavy atom. The van der Waals surface area contributed by atoms with Gasteiger partial charge in [-0.1, -0.05) is 32.0 Å². The Morgan fingerprint density at radius 2 is 1.82 bits per heavy atom. The van der Waals surface area contributed by atoms with Gasteiger partial charge in [0.1, 0.15) is 34.9 Å². The maximum Gasteiger partial charge on any atom is 0.341 e. The molecule has 184 valence electrons. The lowest BCUT2D eigenvalue weighted by atomic mass is 10.0. The van der Waals surface area contributed by atoms with Crippen LogP contribution in [0.3, 0.4) is 0 Å². The summed E-state index contributed by atoms with van der Waals surface area (Å²) in [7, 11) is 1.64. The summed E-state index contributed by atoms with van der Waals surface area (Å²) in [6.45, 7) is 11.1. The van der Waals surface area contributed by atoms with Crippen LogP contribution in [0.25, 0.3) is 21.2 Å². The van der Waals surface area contributed by atoms with Crippen LogP contribution in [0.2, 0.25) is 0 Å². The molecule has 3 aromatic rings. The fraction of sp³-hybridized carbons (Fsp3) is 0.423. The molecule has 0 fully saturated rings. The largest absolute Gasteiger partial charge is 0.497 e. The Bertz CT molecular complexity index is 1090. The third-order valence-electron chi connectivity index (χ3n) is 5.58. The van der Waals surface area contributed by atoms with Crippen molar-refractivity contribution in [2.45, 2.75) is 33.9 Å². The van der Waals surface area contributed by atoms with Crippen molar-refractivity contribution < 1.29 is 24.1 Å². The number of esters is 1. The Hall–Kier alpha value is -2.81. The zero-order valence-electron chi connectivity index (χ0n) is 20.5. The maximum atomic E-state index is 12.8. The summed E-state index contributed by atoms with van der Waals surface area (Å²) in [4.78, 5) is 15.1. The molecule has 2 aromatic carbocycles. The van der Waals surface area contributed by atoms with Gasteiger partial charge in [0.05, 0.1) is 18.4 Å². The Balaban J connectivity index is 2.15. The lowest BCUT2D eigenvalue weighted by Gasteiger charge is -2.19. The van der Waals surface area contributed by atoms with Gasteiger partial charge in [-0.05, 0) is 50.7 Å². The summed E-state index contributed by atoms with van der Waals surface area (Å²) in [5.41, 5.74) is 2.32. The van der Waals surface area contributed by atoms with E-state index in [1.807, 2.05) is 36.4 Å². The van der Waals surface area contributed by atoms with E-state index < -0.39 is 12.2 Å². The van der Waals surface area contributed by atoms with Crippen LogP contribution in [0.4, 0.5) is 5.00 Å². The maximum absolute atomic E-state index is 12.8. The van der Waals surface area contributed by atoms with Crippen LogP contribution in [0, 0.1) is 0 Å². The molecule has 7 nitrogen and oxygen atoms in total. The SMILES string of the molecule is CCOC(=O)c1c(NC(C)O)sc2c(OCCN(CC)CC)c(-c3ccc(OC)cc3)ccc12. The third-order valence-corrected chi connectivity index (χ3v) is 6.72.